The summed E-state index contributed by atoms with van der Waals surface area (Å²) >= 11 is 0. The van der Waals surface area contributed by atoms with Crippen LogP contribution in [0.5, 0.6) is 0 Å². The van der Waals surface area contributed by atoms with Gasteiger partial charge in [-0.15, -0.1) is 0 Å². The molecule has 0 spiro atoms. The Morgan fingerprint density at radius 3 is 2.55 bits per heavy atom. The van der Waals surface area contributed by atoms with Gasteiger partial charge < -0.3 is 5.32 Å². The van der Waals surface area contributed by atoms with Crippen molar-refractivity contribution < 1.29 is 0 Å². The average molecular weight is 302 g/mol. The Labute approximate surface area is 134 Å². The number of nitrogens with zero attached hydrogens (tertiary/aromatic N) is 3. The highest BCUT2D eigenvalue weighted by Crippen LogP contribution is 2.31. The number of nitrogens with one attached hydrogen (secondary N) is 1. The molecule has 0 atom stereocenters. The zero-order chi connectivity index (χ0) is 16.4. The molecule has 0 aliphatic heterocycles. The second-order valence-electron chi connectivity index (χ2n) is 8.05. The van der Waals surface area contributed by atoms with Crippen molar-refractivity contribution >= 4 is 11.6 Å². The minimum absolute atomic E-state index is 0.00498. The molecule has 0 aliphatic carbocycles. The van der Waals surface area contributed by atoms with Gasteiger partial charge in [0.05, 0.1) is 5.69 Å². The summed E-state index contributed by atoms with van der Waals surface area (Å²) in [6.07, 6.45) is 8.25. The second-order valence-corrected chi connectivity index (χ2v) is 8.05. The third-order valence-electron chi connectivity index (χ3n) is 3.67. The van der Waals surface area contributed by atoms with E-state index in [-0.39, 0.29) is 11.0 Å². The maximum absolute atomic E-state index is 4.72. The number of rotatable bonds is 6. The van der Waals surface area contributed by atoms with Gasteiger partial charge in [-0.3, -0.25) is 4.40 Å². The summed E-state index contributed by atoms with van der Waals surface area (Å²) in [6.45, 7) is 13.6. The summed E-state index contributed by atoms with van der Waals surface area (Å²) in [5.41, 5.74) is 1.41. The van der Waals surface area contributed by atoms with Gasteiger partial charge in [-0.25, -0.2) is 9.97 Å². The summed E-state index contributed by atoms with van der Waals surface area (Å²) in [5.74, 6) is 1.88. The molecule has 0 aliphatic rings. The van der Waals surface area contributed by atoms with E-state index in [0.717, 1.165) is 36.6 Å². The normalized spacial score (nSPS) is 12.8. The van der Waals surface area contributed by atoms with Crippen LogP contribution in [0.25, 0.3) is 5.78 Å². The van der Waals surface area contributed by atoms with Crippen molar-refractivity contribution in [2.45, 2.75) is 72.8 Å². The Morgan fingerprint density at radius 2 is 1.91 bits per heavy atom. The maximum Gasteiger partial charge on any atom is 0.235 e. The standard InChI is InChI=1S/C18H30N4/c1-7-8-10-14-15(21-18(5,6)13-17(2,3)4)22-12-9-11-19-16(22)20-14/h9,11-12,21H,7-8,10,13H2,1-6H3. The van der Waals surface area contributed by atoms with Gasteiger partial charge in [0.1, 0.15) is 5.82 Å². The molecule has 0 saturated heterocycles. The van der Waals surface area contributed by atoms with E-state index >= 15 is 0 Å². The van der Waals surface area contributed by atoms with Gasteiger partial charge in [-0.05, 0) is 44.6 Å². The lowest BCUT2D eigenvalue weighted by molar-refractivity contribution is 0.301. The van der Waals surface area contributed by atoms with Gasteiger partial charge in [-0.1, -0.05) is 34.1 Å². The zero-order valence-electron chi connectivity index (χ0n) is 14.9. The first-order valence-electron chi connectivity index (χ1n) is 8.32. The molecule has 2 aromatic heterocycles. The van der Waals surface area contributed by atoms with Crippen molar-refractivity contribution in [1.29, 1.82) is 0 Å². The molecule has 0 amide bonds. The quantitative estimate of drug-likeness (QED) is 0.841. The number of unbranched alkanes of at least 4 members (excludes halogenated alkanes) is 1. The van der Waals surface area contributed by atoms with Crippen molar-refractivity contribution in [3.05, 3.63) is 24.2 Å². The van der Waals surface area contributed by atoms with Crippen LogP contribution in [-0.2, 0) is 6.42 Å². The number of imidazole rings is 1. The van der Waals surface area contributed by atoms with Gasteiger partial charge >= 0.3 is 0 Å². The lowest BCUT2D eigenvalue weighted by Crippen LogP contribution is -2.36. The first-order valence-corrected chi connectivity index (χ1v) is 8.32. The van der Waals surface area contributed by atoms with Crippen LogP contribution in [0.15, 0.2) is 18.5 Å². The van der Waals surface area contributed by atoms with Crippen molar-refractivity contribution in [3.8, 4) is 0 Å². The van der Waals surface area contributed by atoms with E-state index in [0.29, 0.717) is 0 Å². The second kappa shape index (κ2) is 6.27. The van der Waals surface area contributed by atoms with Crippen LogP contribution in [0, 0.1) is 5.41 Å². The molecule has 4 nitrogen and oxygen atoms in total. The summed E-state index contributed by atoms with van der Waals surface area (Å²) in [5, 5.41) is 3.74. The van der Waals surface area contributed by atoms with E-state index in [1.165, 1.54) is 6.42 Å². The molecule has 0 fully saturated rings. The number of aryl methyl sites for hydroxylation is 1. The molecule has 4 heteroatoms. The highest BCUT2D eigenvalue weighted by Gasteiger charge is 2.27. The van der Waals surface area contributed by atoms with E-state index in [4.69, 9.17) is 4.98 Å². The third-order valence-corrected chi connectivity index (χ3v) is 3.67. The molecule has 2 rings (SSSR count). The molecule has 2 heterocycles. The first-order chi connectivity index (χ1) is 10.2. The van der Waals surface area contributed by atoms with Crippen LogP contribution in [-0.4, -0.2) is 19.9 Å². The van der Waals surface area contributed by atoms with Crippen LogP contribution < -0.4 is 5.32 Å². The largest absolute Gasteiger partial charge is 0.365 e. The number of hydrogen-bond donors (Lipinski definition) is 1. The Balaban J connectivity index is 2.35. The molecular weight excluding hydrogens is 272 g/mol. The van der Waals surface area contributed by atoms with Gasteiger partial charge in [0.2, 0.25) is 5.78 Å². The number of anilines is 1. The van der Waals surface area contributed by atoms with Crippen molar-refractivity contribution in [2.75, 3.05) is 5.32 Å². The molecule has 0 unspecified atom stereocenters. The summed E-state index contributed by atoms with van der Waals surface area (Å²) in [7, 11) is 0. The van der Waals surface area contributed by atoms with Gasteiger partial charge in [-0.2, -0.15) is 0 Å². The lowest BCUT2D eigenvalue weighted by atomic mass is 9.82. The predicted octanol–water partition coefficient (Wildman–Crippen LogP) is 4.70. The molecule has 122 valence electrons. The Morgan fingerprint density at radius 1 is 1.18 bits per heavy atom. The van der Waals surface area contributed by atoms with Crippen LogP contribution in [0.1, 0.15) is 66.5 Å². The fourth-order valence-corrected chi connectivity index (χ4v) is 3.27. The molecular formula is C18H30N4. The summed E-state index contributed by atoms with van der Waals surface area (Å²) in [4.78, 5) is 9.11. The van der Waals surface area contributed by atoms with E-state index in [2.05, 4.69) is 56.2 Å². The van der Waals surface area contributed by atoms with E-state index in [9.17, 15) is 0 Å². The van der Waals surface area contributed by atoms with Crippen LogP contribution in [0.4, 0.5) is 5.82 Å². The van der Waals surface area contributed by atoms with Crippen LogP contribution >= 0.6 is 0 Å². The van der Waals surface area contributed by atoms with E-state index in [1.807, 2.05) is 12.3 Å². The van der Waals surface area contributed by atoms with Crippen molar-refractivity contribution in [1.82, 2.24) is 14.4 Å². The lowest BCUT2D eigenvalue weighted by Gasteiger charge is -2.34. The topological polar surface area (TPSA) is 42.2 Å². The van der Waals surface area contributed by atoms with Gasteiger partial charge in [0.15, 0.2) is 0 Å². The maximum atomic E-state index is 4.72. The minimum Gasteiger partial charge on any atom is -0.365 e. The van der Waals surface area contributed by atoms with Crippen molar-refractivity contribution in [3.63, 3.8) is 0 Å². The number of hydrogen-bond acceptors (Lipinski definition) is 3. The highest BCUT2D eigenvalue weighted by molar-refractivity contribution is 5.53. The van der Waals surface area contributed by atoms with Crippen LogP contribution in [0.3, 0.4) is 0 Å². The Kier molecular flexibility index (Phi) is 4.78. The number of aromatic nitrogens is 3. The fourth-order valence-electron chi connectivity index (χ4n) is 3.27. The predicted molar refractivity (Wildman–Crippen MR) is 93.4 cm³/mol. The Hall–Kier alpha value is -1.58. The fraction of sp³-hybridized carbons (Fsp3) is 0.667. The molecule has 0 saturated carbocycles. The van der Waals surface area contributed by atoms with Crippen LogP contribution in [0.2, 0.25) is 0 Å². The third kappa shape index (κ3) is 4.21. The highest BCUT2D eigenvalue weighted by atomic mass is 15.2. The smallest absolute Gasteiger partial charge is 0.235 e. The number of fused-ring (bicyclic) bond motifs is 1. The van der Waals surface area contributed by atoms with Gasteiger partial charge in [0.25, 0.3) is 0 Å². The molecule has 0 aromatic carbocycles. The first kappa shape index (κ1) is 16.8. The molecule has 1 N–H and O–H groups in total. The molecule has 0 bridgehead atoms. The molecule has 2 aromatic rings. The van der Waals surface area contributed by atoms with E-state index < -0.39 is 0 Å². The summed E-state index contributed by atoms with van der Waals surface area (Å²) in [6, 6.07) is 1.96. The molecule has 0 radical (unpaired) electrons. The molecule has 22 heavy (non-hydrogen) atoms. The van der Waals surface area contributed by atoms with Crippen molar-refractivity contribution in [2.24, 2.45) is 5.41 Å². The zero-order valence-corrected chi connectivity index (χ0v) is 14.9. The average Bonchev–Trinajstić information content (AvgIpc) is 2.71. The minimum atomic E-state index is 0.00498. The Bertz CT molecular complexity index is 620. The monoisotopic (exact) mass is 302 g/mol. The summed E-state index contributed by atoms with van der Waals surface area (Å²) < 4.78 is 2.08. The van der Waals surface area contributed by atoms with E-state index in [1.54, 1.807) is 6.20 Å². The van der Waals surface area contributed by atoms with Gasteiger partial charge in [0, 0.05) is 17.9 Å². The SMILES string of the molecule is CCCCc1nc2ncccn2c1NC(C)(C)CC(C)(C)C.